The van der Waals surface area contributed by atoms with Crippen LogP contribution in [0.5, 0.6) is 0 Å². The molecule has 1 aliphatic heterocycles. The SMILES string of the molecule is O=C(c1cncn1Cc1cc(Cl)ccc1Cl)N1CCN(C2CC2)c2ccccc21. The van der Waals surface area contributed by atoms with Crippen LogP contribution in [0.1, 0.15) is 28.9 Å². The van der Waals surface area contributed by atoms with Gasteiger partial charge in [0.25, 0.3) is 5.91 Å². The van der Waals surface area contributed by atoms with Gasteiger partial charge >= 0.3 is 0 Å². The number of rotatable bonds is 4. The first-order valence-corrected chi connectivity index (χ1v) is 10.5. The second-order valence-corrected chi connectivity index (χ2v) is 8.36. The Bertz CT molecular complexity index is 1080. The van der Waals surface area contributed by atoms with Crippen LogP contribution in [0.2, 0.25) is 10.0 Å². The summed E-state index contributed by atoms with van der Waals surface area (Å²) < 4.78 is 1.83. The van der Waals surface area contributed by atoms with Crippen molar-refractivity contribution in [3.05, 3.63) is 76.3 Å². The standard InChI is InChI=1S/C22H20Cl2N4O/c23-16-5-8-18(24)15(11-16)13-26-14-25-12-21(26)22(29)28-10-9-27(17-6-7-17)19-3-1-2-4-20(19)28/h1-5,8,11-12,14,17H,6-7,9-10,13H2. The number of nitrogens with zero attached hydrogens (tertiary/aromatic N) is 4. The minimum Gasteiger partial charge on any atom is -0.365 e. The number of carbonyl (C=O) groups excluding carboxylic acids is 1. The van der Waals surface area contributed by atoms with Gasteiger partial charge in [0.15, 0.2) is 0 Å². The Balaban J connectivity index is 1.45. The van der Waals surface area contributed by atoms with E-state index in [0.29, 0.717) is 34.9 Å². The molecule has 2 heterocycles. The molecule has 5 nitrogen and oxygen atoms in total. The molecule has 1 saturated carbocycles. The fourth-order valence-corrected chi connectivity index (χ4v) is 4.34. The van der Waals surface area contributed by atoms with Crippen LogP contribution in [-0.4, -0.2) is 34.6 Å². The second kappa shape index (κ2) is 7.39. The third-order valence-electron chi connectivity index (χ3n) is 5.56. The molecule has 148 valence electrons. The molecular formula is C22H20Cl2N4O. The predicted octanol–water partition coefficient (Wildman–Crippen LogP) is 4.87. The fourth-order valence-electron chi connectivity index (χ4n) is 3.97. The Morgan fingerprint density at radius 1 is 1.07 bits per heavy atom. The van der Waals surface area contributed by atoms with E-state index in [4.69, 9.17) is 23.2 Å². The molecule has 1 fully saturated rings. The van der Waals surface area contributed by atoms with Crippen molar-refractivity contribution in [3.8, 4) is 0 Å². The van der Waals surface area contributed by atoms with E-state index in [1.807, 2.05) is 33.7 Å². The first-order chi connectivity index (χ1) is 14.1. The van der Waals surface area contributed by atoms with Crippen molar-refractivity contribution in [1.82, 2.24) is 9.55 Å². The summed E-state index contributed by atoms with van der Waals surface area (Å²) in [5.41, 5.74) is 3.49. The molecule has 1 aromatic heterocycles. The molecule has 1 aliphatic carbocycles. The Kier molecular flexibility index (Phi) is 4.72. The van der Waals surface area contributed by atoms with E-state index in [1.165, 1.54) is 12.8 Å². The summed E-state index contributed by atoms with van der Waals surface area (Å²) in [6, 6.07) is 14.1. The van der Waals surface area contributed by atoms with Crippen LogP contribution < -0.4 is 9.80 Å². The molecule has 29 heavy (non-hydrogen) atoms. The fraction of sp³-hybridized carbons (Fsp3) is 0.273. The highest BCUT2D eigenvalue weighted by molar-refractivity contribution is 6.33. The number of amides is 1. The Morgan fingerprint density at radius 2 is 1.86 bits per heavy atom. The topological polar surface area (TPSA) is 41.4 Å². The van der Waals surface area contributed by atoms with Crippen LogP contribution in [0.4, 0.5) is 11.4 Å². The number of carbonyl (C=O) groups is 1. The zero-order chi connectivity index (χ0) is 20.0. The number of imidazole rings is 1. The summed E-state index contributed by atoms with van der Waals surface area (Å²) in [6.07, 6.45) is 5.75. The van der Waals surface area contributed by atoms with Crippen LogP contribution in [0.25, 0.3) is 0 Å². The second-order valence-electron chi connectivity index (χ2n) is 7.51. The average molecular weight is 427 g/mol. The van der Waals surface area contributed by atoms with Crippen molar-refractivity contribution in [2.45, 2.75) is 25.4 Å². The maximum absolute atomic E-state index is 13.5. The smallest absolute Gasteiger partial charge is 0.276 e. The summed E-state index contributed by atoms with van der Waals surface area (Å²) in [5.74, 6) is -0.0523. The highest BCUT2D eigenvalue weighted by Gasteiger charge is 2.36. The quantitative estimate of drug-likeness (QED) is 0.597. The first kappa shape index (κ1) is 18.5. The first-order valence-electron chi connectivity index (χ1n) is 9.73. The van der Waals surface area contributed by atoms with E-state index in [1.54, 1.807) is 24.7 Å². The zero-order valence-corrected chi connectivity index (χ0v) is 17.3. The van der Waals surface area contributed by atoms with Crippen LogP contribution >= 0.6 is 23.2 Å². The van der Waals surface area contributed by atoms with Gasteiger partial charge in [-0.15, -0.1) is 0 Å². The van der Waals surface area contributed by atoms with Crippen LogP contribution in [0, 0.1) is 0 Å². The monoisotopic (exact) mass is 426 g/mol. The normalized spacial score (nSPS) is 16.1. The molecule has 0 radical (unpaired) electrons. The van der Waals surface area contributed by atoms with Gasteiger partial charge < -0.3 is 14.4 Å². The Hall–Kier alpha value is -2.50. The summed E-state index contributed by atoms with van der Waals surface area (Å²) in [4.78, 5) is 22.0. The molecule has 0 saturated heterocycles. The van der Waals surface area contributed by atoms with Crippen molar-refractivity contribution >= 4 is 40.5 Å². The summed E-state index contributed by atoms with van der Waals surface area (Å²) in [6.45, 7) is 1.95. The summed E-state index contributed by atoms with van der Waals surface area (Å²) >= 11 is 12.4. The molecule has 3 aromatic rings. The van der Waals surface area contributed by atoms with Crippen LogP contribution in [-0.2, 0) is 6.54 Å². The van der Waals surface area contributed by atoms with Crippen molar-refractivity contribution in [2.75, 3.05) is 22.9 Å². The number of anilines is 2. The lowest BCUT2D eigenvalue weighted by Crippen LogP contribution is -2.45. The van der Waals surface area contributed by atoms with Crippen molar-refractivity contribution in [2.24, 2.45) is 0 Å². The van der Waals surface area contributed by atoms with Gasteiger partial charge in [-0.2, -0.15) is 0 Å². The van der Waals surface area contributed by atoms with Gasteiger partial charge in [-0.25, -0.2) is 4.98 Å². The molecule has 1 amide bonds. The molecule has 0 bridgehead atoms. The molecule has 5 rings (SSSR count). The summed E-state index contributed by atoms with van der Waals surface area (Å²) in [5, 5.41) is 1.23. The molecule has 0 spiro atoms. The van der Waals surface area contributed by atoms with E-state index in [0.717, 1.165) is 23.5 Å². The van der Waals surface area contributed by atoms with E-state index in [9.17, 15) is 4.79 Å². The van der Waals surface area contributed by atoms with Crippen molar-refractivity contribution < 1.29 is 4.79 Å². The van der Waals surface area contributed by atoms with Gasteiger partial charge in [0.2, 0.25) is 0 Å². The maximum Gasteiger partial charge on any atom is 0.276 e. The lowest BCUT2D eigenvalue weighted by Gasteiger charge is -2.38. The number of para-hydroxylation sites is 2. The lowest BCUT2D eigenvalue weighted by atomic mass is 10.1. The maximum atomic E-state index is 13.5. The molecule has 2 aliphatic rings. The van der Waals surface area contributed by atoms with Gasteiger partial charge in [0.05, 0.1) is 30.4 Å². The van der Waals surface area contributed by atoms with Gasteiger partial charge in [-0.3, -0.25) is 4.79 Å². The molecule has 0 unspecified atom stereocenters. The number of halogens is 2. The molecule has 2 aromatic carbocycles. The molecule has 0 N–H and O–H groups in total. The van der Waals surface area contributed by atoms with Gasteiger partial charge in [-0.05, 0) is 48.7 Å². The number of aromatic nitrogens is 2. The predicted molar refractivity (Wildman–Crippen MR) is 116 cm³/mol. The van der Waals surface area contributed by atoms with E-state index in [2.05, 4.69) is 16.0 Å². The lowest BCUT2D eigenvalue weighted by molar-refractivity contribution is 0.0978. The zero-order valence-electron chi connectivity index (χ0n) is 15.8. The third-order valence-corrected chi connectivity index (χ3v) is 6.16. The van der Waals surface area contributed by atoms with E-state index >= 15 is 0 Å². The highest BCUT2D eigenvalue weighted by atomic mass is 35.5. The summed E-state index contributed by atoms with van der Waals surface area (Å²) in [7, 11) is 0. The van der Waals surface area contributed by atoms with Crippen LogP contribution in [0.3, 0.4) is 0 Å². The largest absolute Gasteiger partial charge is 0.365 e. The van der Waals surface area contributed by atoms with Crippen LogP contribution in [0.15, 0.2) is 55.0 Å². The number of benzene rings is 2. The van der Waals surface area contributed by atoms with Gasteiger partial charge in [0, 0.05) is 29.2 Å². The molecular weight excluding hydrogens is 407 g/mol. The number of fused-ring (bicyclic) bond motifs is 1. The minimum absolute atomic E-state index is 0.0523. The van der Waals surface area contributed by atoms with E-state index < -0.39 is 0 Å². The van der Waals surface area contributed by atoms with Crippen molar-refractivity contribution in [3.63, 3.8) is 0 Å². The molecule has 7 heteroatoms. The van der Waals surface area contributed by atoms with Gasteiger partial charge in [0.1, 0.15) is 5.69 Å². The number of hydrogen-bond acceptors (Lipinski definition) is 3. The molecule has 0 atom stereocenters. The van der Waals surface area contributed by atoms with Gasteiger partial charge in [-0.1, -0.05) is 35.3 Å². The number of hydrogen-bond donors (Lipinski definition) is 0. The van der Waals surface area contributed by atoms with Crippen molar-refractivity contribution in [1.29, 1.82) is 0 Å². The minimum atomic E-state index is -0.0523. The highest BCUT2D eigenvalue weighted by Crippen LogP contribution is 2.40. The Morgan fingerprint density at radius 3 is 2.66 bits per heavy atom. The average Bonchev–Trinajstić information content (AvgIpc) is 3.48. The third kappa shape index (κ3) is 3.49. The van der Waals surface area contributed by atoms with E-state index in [-0.39, 0.29) is 5.91 Å². The Labute approximate surface area is 179 Å².